The number of nitrogens with zero attached hydrogens (tertiary/aromatic N) is 1. The molecule has 0 aliphatic rings. The van der Waals surface area contributed by atoms with Gasteiger partial charge in [0.1, 0.15) is 0 Å². The first kappa shape index (κ1) is 14.4. The number of benzene rings is 1. The van der Waals surface area contributed by atoms with E-state index in [0.29, 0.717) is 5.69 Å². The molecule has 0 saturated heterocycles. The van der Waals surface area contributed by atoms with Crippen molar-refractivity contribution in [2.75, 3.05) is 5.32 Å². The molecule has 20 heavy (non-hydrogen) atoms. The van der Waals surface area contributed by atoms with E-state index >= 15 is 0 Å². The quantitative estimate of drug-likeness (QED) is 0.797. The Morgan fingerprint density at radius 3 is 2.75 bits per heavy atom. The molecule has 2 N–H and O–H groups in total. The van der Waals surface area contributed by atoms with Crippen LogP contribution in [0.4, 0.5) is 5.69 Å². The summed E-state index contributed by atoms with van der Waals surface area (Å²) in [4.78, 5) is 27.0. The number of aromatic carboxylic acids is 1. The van der Waals surface area contributed by atoms with Gasteiger partial charge in [-0.3, -0.25) is 9.78 Å². The summed E-state index contributed by atoms with van der Waals surface area (Å²) in [6.07, 6.45) is 3.38. The first-order valence-electron chi connectivity index (χ1n) is 5.78. The van der Waals surface area contributed by atoms with Crippen LogP contribution in [0.15, 0.2) is 42.7 Å². The summed E-state index contributed by atoms with van der Waals surface area (Å²) in [5.41, 5.74) is 1.15. The number of carbonyl (C=O) groups excluding carboxylic acids is 1. The molecule has 0 atom stereocenters. The minimum Gasteiger partial charge on any atom is -0.478 e. The van der Waals surface area contributed by atoms with Crippen LogP contribution in [0.5, 0.6) is 0 Å². The third-order valence-corrected chi connectivity index (χ3v) is 3.24. The van der Waals surface area contributed by atoms with Gasteiger partial charge >= 0.3 is 5.97 Å². The standard InChI is InChI=1S/C14H11IN2O3/c15-10-3-4-12(11(7-10)14(19)20)17-13(18)6-9-2-1-5-16-8-9/h1-5,7-8H,6H2,(H,17,18)(H,19,20). The van der Waals surface area contributed by atoms with Gasteiger partial charge in [0.15, 0.2) is 0 Å². The van der Waals surface area contributed by atoms with Crippen molar-refractivity contribution in [3.8, 4) is 0 Å². The lowest BCUT2D eigenvalue weighted by molar-refractivity contribution is -0.115. The molecule has 1 amide bonds. The second kappa shape index (κ2) is 6.47. The molecule has 0 aliphatic heterocycles. The Labute approximate surface area is 129 Å². The van der Waals surface area contributed by atoms with E-state index < -0.39 is 5.97 Å². The number of anilines is 1. The highest BCUT2D eigenvalue weighted by Crippen LogP contribution is 2.19. The molecule has 2 aromatic rings. The number of halogens is 1. The van der Waals surface area contributed by atoms with Crippen LogP contribution in [-0.4, -0.2) is 22.0 Å². The van der Waals surface area contributed by atoms with Crippen molar-refractivity contribution in [1.29, 1.82) is 0 Å². The summed E-state index contributed by atoms with van der Waals surface area (Å²) in [7, 11) is 0. The van der Waals surface area contributed by atoms with Crippen molar-refractivity contribution < 1.29 is 14.7 Å². The second-order valence-electron chi connectivity index (χ2n) is 4.08. The van der Waals surface area contributed by atoms with Gasteiger partial charge in [0, 0.05) is 16.0 Å². The number of carboxylic acid groups (broad SMARTS) is 1. The average Bonchev–Trinajstić information content (AvgIpc) is 2.41. The number of nitrogens with one attached hydrogen (secondary N) is 1. The molecule has 0 spiro atoms. The highest BCUT2D eigenvalue weighted by molar-refractivity contribution is 14.1. The number of hydrogen-bond donors (Lipinski definition) is 2. The molecule has 0 saturated carbocycles. The molecule has 0 radical (unpaired) electrons. The number of hydrogen-bond acceptors (Lipinski definition) is 3. The molecule has 1 aromatic heterocycles. The van der Waals surface area contributed by atoms with Gasteiger partial charge in [-0.1, -0.05) is 6.07 Å². The summed E-state index contributed by atoms with van der Waals surface area (Å²) in [5.74, 6) is -1.35. The molecule has 0 fully saturated rings. The third-order valence-electron chi connectivity index (χ3n) is 2.57. The zero-order valence-electron chi connectivity index (χ0n) is 10.3. The molecule has 0 aliphatic carbocycles. The average molecular weight is 382 g/mol. The smallest absolute Gasteiger partial charge is 0.337 e. The highest BCUT2D eigenvalue weighted by atomic mass is 127. The van der Waals surface area contributed by atoms with Gasteiger partial charge in [-0.15, -0.1) is 0 Å². The van der Waals surface area contributed by atoms with Crippen LogP contribution < -0.4 is 5.32 Å². The zero-order chi connectivity index (χ0) is 14.5. The Balaban J connectivity index is 2.14. The van der Waals surface area contributed by atoms with Gasteiger partial charge in [-0.05, 0) is 52.4 Å². The Morgan fingerprint density at radius 2 is 2.10 bits per heavy atom. The first-order valence-corrected chi connectivity index (χ1v) is 6.86. The van der Waals surface area contributed by atoms with E-state index in [1.165, 1.54) is 6.07 Å². The highest BCUT2D eigenvalue weighted by Gasteiger charge is 2.13. The number of aromatic nitrogens is 1. The molecule has 5 nitrogen and oxygen atoms in total. The number of pyridine rings is 1. The number of amides is 1. The van der Waals surface area contributed by atoms with Crippen LogP contribution in [0, 0.1) is 3.57 Å². The monoisotopic (exact) mass is 382 g/mol. The minimum atomic E-state index is -1.07. The fourth-order valence-corrected chi connectivity index (χ4v) is 2.18. The minimum absolute atomic E-state index is 0.0800. The van der Waals surface area contributed by atoms with Gasteiger partial charge in [-0.2, -0.15) is 0 Å². The number of carboxylic acids is 1. The molecule has 102 valence electrons. The second-order valence-corrected chi connectivity index (χ2v) is 5.33. The zero-order valence-corrected chi connectivity index (χ0v) is 12.5. The van der Waals surface area contributed by atoms with E-state index in [1.807, 2.05) is 22.6 Å². The molecule has 6 heteroatoms. The predicted molar refractivity (Wildman–Crippen MR) is 82.7 cm³/mol. The van der Waals surface area contributed by atoms with Gasteiger partial charge < -0.3 is 10.4 Å². The van der Waals surface area contributed by atoms with Crippen molar-refractivity contribution in [2.24, 2.45) is 0 Å². The molecular formula is C14H11IN2O3. The van der Waals surface area contributed by atoms with Crippen LogP contribution in [-0.2, 0) is 11.2 Å². The molecule has 1 heterocycles. The van der Waals surface area contributed by atoms with Gasteiger partial charge in [0.05, 0.1) is 17.7 Å². The maximum Gasteiger partial charge on any atom is 0.337 e. The number of carbonyl (C=O) groups is 2. The van der Waals surface area contributed by atoms with Crippen molar-refractivity contribution in [3.05, 3.63) is 57.4 Å². The summed E-state index contributed by atoms with van der Waals surface area (Å²) >= 11 is 2.02. The van der Waals surface area contributed by atoms with Crippen molar-refractivity contribution in [2.45, 2.75) is 6.42 Å². The lowest BCUT2D eigenvalue weighted by Gasteiger charge is -2.09. The summed E-state index contributed by atoms with van der Waals surface area (Å²) < 4.78 is 0.797. The van der Waals surface area contributed by atoms with Gasteiger partial charge in [-0.25, -0.2) is 4.79 Å². The molecule has 2 rings (SSSR count). The number of rotatable bonds is 4. The van der Waals surface area contributed by atoms with E-state index in [4.69, 9.17) is 5.11 Å². The predicted octanol–water partition coefficient (Wildman–Crippen LogP) is 2.57. The fraction of sp³-hybridized carbons (Fsp3) is 0.0714. The molecule has 0 unspecified atom stereocenters. The first-order chi connectivity index (χ1) is 9.56. The van der Waals surface area contributed by atoms with E-state index in [0.717, 1.165) is 9.13 Å². The van der Waals surface area contributed by atoms with Crippen LogP contribution >= 0.6 is 22.6 Å². The van der Waals surface area contributed by atoms with E-state index in [9.17, 15) is 9.59 Å². The molecule has 0 bridgehead atoms. The lowest BCUT2D eigenvalue weighted by atomic mass is 10.1. The Hall–Kier alpha value is -1.96. The summed E-state index contributed by atoms with van der Waals surface area (Å²) in [5, 5.41) is 11.7. The Kier molecular flexibility index (Phi) is 4.67. The van der Waals surface area contributed by atoms with Crippen LogP contribution in [0.2, 0.25) is 0 Å². The summed E-state index contributed by atoms with van der Waals surface area (Å²) in [6.45, 7) is 0. The third kappa shape index (κ3) is 3.77. The van der Waals surface area contributed by atoms with E-state index in [2.05, 4.69) is 10.3 Å². The Morgan fingerprint density at radius 1 is 1.30 bits per heavy atom. The van der Waals surface area contributed by atoms with Gasteiger partial charge in [0.2, 0.25) is 5.91 Å². The van der Waals surface area contributed by atoms with Crippen LogP contribution in [0.1, 0.15) is 15.9 Å². The maximum absolute atomic E-state index is 11.9. The van der Waals surface area contributed by atoms with Gasteiger partial charge in [0.25, 0.3) is 0 Å². The SMILES string of the molecule is O=C(Cc1cccnc1)Nc1ccc(I)cc1C(=O)O. The molecular weight excluding hydrogens is 371 g/mol. The van der Waals surface area contributed by atoms with Crippen molar-refractivity contribution >= 4 is 40.2 Å². The Bertz CT molecular complexity index is 644. The topological polar surface area (TPSA) is 79.3 Å². The van der Waals surface area contributed by atoms with Crippen molar-refractivity contribution in [1.82, 2.24) is 4.98 Å². The normalized spacial score (nSPS) is 10.1. The van der Waals surface area contributed by atoms with Crippen LogP contribution in [0.25, 0.3) is 0 Å². The largest absolute Gasteiger partial charge is 0.478 e. The molecule has 1 aromatic carbocycles. The lowest BCUT2D eigenvalue weighted by Crippen LogP contribution is -2.17. The summed E-state index contributed by atoms with van der Waals surface area (Å²) in [6, 6.07) is 8.39. The maximum atomic E-state index is 11.9. The van der Waals surface area contributed by atoms with Crippen LogP contribution in [0.3, 0.4) is 0 Å². The van der Waals surface area contributed by atoms with E-state index in [-0.39, 0.29) is 17.9 Å². The van der Waals surface area contributed by atoms with Crippen molar-refractivity contribution in [3.63, 3.8) is 0 Å². The fourth-order valence-electron chi connectivity index (χ4n) is 1.68. The van der Waals surface area contributed by atoms with E-state index in [1.54, 1.807) is 36.7 Å².